The summed E-state index contributed by atoms with van der Waals surface area (Å²) >= 11 is 3.95. The molecule has 0 aromatic carbocycles. The molecule has 0 aliphatic rings. The third-order valence-electron chi connectivity index (χ3n) is 0.618. The second kappa shape index (κ2) is 5.47. The molecule has 0 aliphatic carbocycles. The number of hydrogen-bond acceptors (Lipinski definition) is 3. The zero-order valence-electron chi connectivity index (χ0n) is 5.26. The third kappa shape index (κ3) is 4.49. The maximum atomic E-state index is 4.92. The van der Waals surface area contributed by atoms with Crippen LogP contribution >= 0.6 is 12.5 Å². The highest BCUT2D eigenvalue weighted by molar-refractivity contribution is 8.08. The first-order chi connectivity index (χ1) is 3.81. The van der Waals surface area contributed by atoms with Gasteiger partial charge in [0.15, 0.2) is 0 Å². The molecule has 0 spiro atoms. The van der Waals surface area contributed by atoms with Crippen LogP contribution in [0.2, 0.25) is 0 Å². The molecule has 0 saturated heterocycles. The van der Waals surface area contributed by atoms with Crippen LogP contribution in [0.5, 0.6) is 0 Å². The van der Waals surface area contributed by atoms with Gasteiger partial charge in [0, 0.05) is 13.2 Å². The molecular formula is C4H11BO2S. The number of thiol groups is 1. The molecule has 8 heavy (non-hydrogen) atoms. The Hall–Kier alpha value is 0.335. The van der Waals surface area contributed by atoms with Crippen LogP contribution < -0.4 is 0 Å². The van der Waals surface area contributed by atoms with Crippen molar-refractivity contribution >= 4 is 18.9 Å². The lowest BCUT2D eigenvalue weighted by molar-refractivity contribution is 0.234. The molecule has 0 N–H and O–H groups in total. The average Bonchev–Trinajstić information content (AvgIpc) is 1.68. The molecule has 0 atom stereocenters. The van der Waals surface area contributed by atoms with Crippen LogP contribution in [0.3, 0.4) is 0 Å². The van der Waals surface area contributed by atoms with E-state index in [1.54, 1.807) is 0 Å². The largest absolute Gasteiger partial charge is 0.528 e. The maximum Gasteiger partial charge on any atom is 0.528 e. The predicted molar refractivity (Wildman–Crippen MR) is 38.0 cm³/mol. The van der Waals surface area contributed by atoms with Crippen molar-refractivity contribution in [2.45, 2.75) is 13.8 Å². The zero-order valence-corrected chi connectivity index (χ0v) is 6.15. The van der Waals surface area contributed by atoms with Gasteiger partial charge < -0.3 is 9.31 Å². The summed E-state index contributed by atoms with van der Waals surface area (Å²) in [7, 11) is 0. The summed E-state index contributed by atoms with van der Waals surface area (Å²) in [6.07, 6.45) is -0.343. The highest BCUT2D eigenvalue weighted by atomic mass is 32.1. The molecule has 0 amide bonds. The zero-order chi connectivity index (χ0) is 6.41. The van der Waals surface area contributed by atoms with Gasteiger partial charge in [-0.3, -0.25) is 0 Å². The highest BCUT2D eigenvalue weighted by Crippen LogP contribution is 1.91. The summed E-state index contributed by atoms with van der Waals surface area (Å²) < 4.78 is 9.85. The quantitative estimate of drug-likeness (QED) is 0.456. The predicted octanol–water partition coefficient (Wildman–Crippen LogP) is 0.974. The van der Waals surface area contributed by atoms with E-state index in [4.69, 9.17) is 9.31 Å². The molecule has 0 heterocycles. The second-order valence-corrected chi connectivity index (χ2v) is 1.64. The minimum Gasteiger partial charge on any atom is -0.402 e. The van der Waals surface area contributed by atoms with E-state index >= 15 is 0 Å². The van der Waals surface area contributed by atoms with E-state index in [9.17, 15) is 0 Å². The van der Waals surface area contributed by atoms with Crippen molar-refractivity contribution in [2.24, 2.45) is 0 Å². The van der Waals surface area contributed by atoms with Gasteiger partial charge in [-0.25, -0.2) is 0 Å². The van der Waals surface area contributed by atoms with Gasteiger partial charge in [-0.2, -0.15) is 12.5 Å². The SMILES string of the molecule is CCOB(S)OCC. The minimum atomic E-state index is -0.343. The van der Waals surface area contributed by atoms with Crippen LogP contribution in [0.15, 0.2) is 0 Å². The Balaban J connectivity index is 2.92. The van der Waals surface area contributed by atoms with Crippen molar-refractivity contribution in [3.63, 3.8) is 0 Å². The monoisotopic (exact) mass is 134 g/mol. The Labute approximate surface area is 56.0 Å². The van der Waals surface area contributed by atoms with E-state index in [2.05, 4.69) is 12.5 Å². The van der Waals surface area contributed by atoms with Gasteiger partial charge in [0.2, 0.25) is 0 Å². The van der Waals surface area contributed by atoms with Crippen molar-refractivity contribution in [3.05, 3.63) is 0 Å². The lowest BCUT2D eigenvalue weighted by Gasteiger charge is -2.03. The van der Waals surface area contributed by atoms with Crippen LogP contribution in [-0.2, 0) is 9.31 Å². The maximum absolute atomic E-state index is 4.92. The average molecular weight is 134 g/mol. The van der Waals surface area contributed by atoms with Gasteiger partial charge in [-0.1, -0.05) is 0 Å². The molecule has 2 nitrogen and oxygen atoms in total. The van der Waals surface area contributed by atoms with Gasteiger partial charge in [-0.05, 0) is 13.8 Å². The van der Waals surface area contributed by atoms with Gasteiger partial charge in [0.25, 0.3) is 0 Å². The van der Waals surface area contributed by atoms with Crippen molar-refractivity contribution in [3.8, 4) is 0 Å². The molecule has 0 fully saturated rings. The molecule has 0 radical (unpaired) electrons. The molecule has 0 aromatic heterocycles. The summed E-state index contributed by atoms with van der Waals surface area (Å²) in [5.74, 6) is 0. The molecule has 4 heteroatoms. The van der Waals surface area contributed by atoms with Gasteiger partial charge in [-0.15, -0.1) is 0 Å². The Kier molecular flexibility index (Phi) is 5.70. The Bertz CT molecular complexity index is 47.3. The van der Waals surface area contributed by atoms with Crippen molar-refractivity contribution in [2.75, 3.05) is 13.2 Å². The van der Waals surface area contributed by atoms with Gasteiger partial charge >= 0.3 is 6.40 Å². The third-order valence-corrected chi connectivity index (χ3v) is 0.917. The number of hydrogen-bond donors (Lipinski definition) is 1. The smallest absolute Gasteiger partial charge is 0.402 e. The topological polar surface area (TPSA) is 18.5 Å². The first-order valence-electron chi connectivity index (χ1n) is 2.72. The van der Waals surface area contributed by atoms with E-state index in [0.29, 0.717) is 13.2 Å². The van der Waals surface area contributed by atoms with Crippen molar-refractivity contribution in [1.29, 1.82) is 0 Å². The van der Waals surface area contributed by atoms with Crippen LogP contribution in [-0.4, -0.2) is 19.6 Å². The molecule has 0 rings (SSSR count). The van der Waals surface area contributed by atoms with Crippen LogP contribution in [0, 0.1) is 0 Å². The van der Waals surface area contributed by atoms with Crippen LogP contribution in [0.1, 0.15) is 13.8 Å². The summed E-state index contributed by atoms with van der Waals surface area (Å²) in [5.41, 5.74) is 0. The second-order valence-electron chi connectivity index (χ2n) is 1.22. The fourth-order valence-corrected chi connectivity index (χ4v) is 0.631. The van der Waals surface area contributed by atoms with Gasteiger partial charge in [0.05, 0.1) is 0 Å². The Morgan fingerprint density at radius 2 is 1.62 bits per heavy atom. The fourth-order valence-electron chi connectivity index (χ4n) is 0.333. The Morgan fingerprint density at radius 1 is 1.25 bits per heavy atom. The van der Waals surface area contributed by atoms with Crippen molar-refractivity contribution in [1.82, 2.24) is 0 Å². The summed E-state index contributed by atoms with van der Waals surface area (Å²) in [6.45, 7) is 5.10. The van der Waals surface area contributed by atoms with E-state index in [-0.39, 0.29) is 6.40 Å². The van der Waals surface area contributed by atoms with E-state index in [1.807, 2.05) is 13.8 Å². The summed E-state index contributed by atoms with van der Waals surface area (Å²) in [4.78, 5) is 0. The lowest BCUT2D eigenvalue weighted by atomic mass is 10.3. The molecule has 0 saturated carbocycles. The molecule has 0 unspecified atom stereocenters. The Morgan fingerprint density at radius 3 is 1.88 bits per heavy atom. The van der Waals surface area contributed by atoms with Crippen molar-refractivity contribution < 1.29 is 9.31 Å². The van der Waals surface area contributed by atoms with Crippen LogP contribution in [0.25, 0.3) is 0 Å². The highest BCUT2D eigenvalue weighted by Gasteiger charge is 2.07. The number of rotatable bonds is 4. The molecule has 0 bridgehead atoms. The first-order valence-corrected chi connectivity index (χ1v) is 3.24. The van der Waals surface area contributed by atoms with E-state index in [1.165, 1.54) is 0 Å². The fraction of sp³-hybridized carbons (Fsp3) is 1.00. The lowest BCUT2D eigenvalue weighted by Crippen LogP contribution is -2.15. The van der Waals surface area contributed by atoms with E-state index < -0.39 is 0 Å². The first kappa shape index (κ1) is 8.33. The van der Waals surface area contributed by atoms with Gasteiger partial charge in [0.1, 0.15) is 0 Å². The van der Waals surface area contributed by atoms with Crippen LogP contribution in [0.4, 0.5) is 0 Å². The minimum absolute atomic E-state index is 0.343. The summed E-state index contributed by atoms with van der Waals surface area (Å²) in [6, 6.07) is 0. The van der Waals surface area contributed by atoms with E-state index in [0.717, 1.165) is 0 Å². The molecule has 0 aliphatic heterocycles. The molecular weight excluding hydrogens is 123 g/mol. The summed E-state index contributed by atoms with van der Waals surface area (Å²) in [5, 5.41) is 0. The molecule has 48 valence electrons. The molecule has 0 aromatic rings. The standard InChI is InChI=1S/C4H11BO2S/c1-3-6-5(8)7-4-2/h8H,3-4H2,1-2H3. The normalized spacial score (nSPS) is 9.38.